The summed E-state index contributed by atoms with van der Waals surface area (Å²) in [7, 11) is 0. The first-order valence-corrected chi connectivity index (χ1v) is 5.63. The number of halogens is 1. The molecule has 1 nitrogen and oxygen atoms in total. The second-order valence-corrected chi connectivity index (χ2v) is 4.26. The van der Waals surface area contributed by atoms with E-state index in [2.05, 4.69) is 19.2 Å². The molecule has 15 heavy (non-hydrogen) atoms. The van der Waals surface area contributed by atoms with Gasteiger partial charge in [0, 0.05) is 6.54 Å². The van der Waals surface area contributed by atoms with E-state index in [0.717, 1.165) is 12.1 Å². The lowest BCUT2D eigenvalue weighted by Crippen LogP contribution is -2.11. The molecule has 1 aromatic rings. The smallest absolute Gasteiger partial charge is 0.146 e. The third-order valence-electron chi connectivity index (χ3n) is 2.55. The molecule has 1 atom stereocenters. The first kappa shape index (κ1) is 12.0. The molecule has 2 heteroatoms. The van der Waals surface area contributed by atoms with Gasteiger partial charge in [-0.25, -0.2) is 4.39 Å². The quantitative estimate of drug-likeness (QED) is 0.773. The standard InChI is InChI=1S/C13H20FN/c1-4-5-11(3)9-15-13-7-6-10(2)8-12(13)14/h6-8,11,15H,4-5,9H2,1-3H3. The zero-order chi connectivity index (χ0) is 11.3. The van der Waals surface area contributed by atoms with Crippen molar-refractivity contribution in [3.63, 3.8) is 0 Å². The molecule has 0 saturated carbocycles. The first-order valence-electron chi connectivity index (χ1n) is 5.63. The summed E-state index contributed by atoms with van der Waals surface area (Å²) in [5, 5.41) is 3.15. The number of rotatable bonds is 5. The lowest BCUT2D eigenvalue weighted by atomic mass is 10.1. The van der Waals surface area contributed by atoms with Crippen LogP contribution in [0.3, 0.4) is 0 Å². The van der Waals surface area contributed by atoms with E-state index in [1.54, 1.807) is 6.07 Å². The molecule has 0 aliphatic carbocycles. The molecule has 0 amide bonds. The maximum atomic E-state index is 13.4. The summed E-state index contributed by atoms with van der Waals surface area (Å²) in [4.78, 5) is 0. The summed E-state index contributed by atoms with van der Waals surface area (Å²) >= 11 is 0. The molecule has 0 aromatic heterocycles. The van der Waals surface area contributed by atoms with Crippen LogP contribution in [0.4, 0.5) is 10.1 Å². The highest BCUT2D eigenvalue weighted by atomic mass is 19.1. The van der Waals surface area contributed by atoms with Crippen LogP contribution in [-0.4, -0.2) is 6.54 Å². The van der Waals surface area contributed by atoms with Gasteiger partial charge >= 0.3 is 0 Å². The van der Waals surface area contributed by atoms with E-state index >= 15 is 0 Å². The Morgan fingerprint density at radius 3 is 2.73 bits per heavy atom. The normalized spacial score (nSPS) is 12.5. The van der Waals surface area contributed by atoms with Crippen molar-refractivity contribution in [2.45, 2.75) is 33.6 Å². The van der Waals surface area contributed by atoms with Gasteiger partial charge in [-0.3, -0.25) is 0 Å². The summed E-state index contributed by atoms with van der Waals surface area (Å²) in [6, 6.07) is 5.30. The highest BCUT2D eigenvalue weighted by Crippen LogP contribution is 2.16. The van der Waals surface area contributed by atoms with Crippen molar-refractivity contribution in [1.29, 1.82) is 0 Å². The van der Waals surface area contributed by atoms with Crippen molar-refractivity contribution in [3.8, 4) is 0 Å². The molecule has 0 fully saturated rings. The van der Waals surface area contributed by atoms with Crippen molar-refractivity contribution < 1.29 is 4.39 Å². The number of aryl methyl sites for hydroxylation is 1. The number of anilines is 1. The van der Waals surface area contributed by atoms with Crippen LogP contribution in [-0.2, 0) is 0 Å². The predicted octanol–water partition coefficient (Wildman–Crippen LogP) is 3.98. The molecular formula is C13H20FN. The molecule has 0 aliphatic heterocycles. The third kappa shape index (κ3) is 3.90. The highest BCUT2D eigenvalue weighted by molar-refractivity contribution is 5.46. The molecule has 84 valence electrons. The Labute approximate surface area is 91.7 Å². The Morgan fingerprint density at radius 1 is 1.40 bits per heavy atom. The summed E-state index contributed by atoms with van der Waals surface area (Å²) in [6.45, 7) is 7.09. The summed E-state index contributed by atoms with van der Waals surface area (Å²) in [5.74, 6) is 0.439. The van der Waals surface area contributed by atoms with Gasteiger partial charge in [0.2, 0.25) is 0 Å². The largest absolute Gasteiger partial charge is 0.382 e. The van der Waals surface area contributed by atoms with E-state index < -0.39 is 0 Å². The number of benzene rings is 1. The van der Waals surface area contributed by atoms with E-state index in [4.69, 9.17) is 0 Å². The van der Waals surface area contributed by atoms with Gasteiger partial charge in [0.25, 0.3) is 0 Å². The van der Waals surface area contributed by atoms with Crippen molar-refractivity contribution in [1.82, 2.24) is 0 Å². The molecule has 0 radical (unpaired) electrons. The van der Waals surface area contributed by atoms with Crippen LogP contribution in [0.1, 0.15) is 32.3 Å². The lowest BCUT2D eigenvalue weighted by Gasteiger charge is -2.13. The van der Waals surface area contributed by atoms with Gasteiger partial charge in [0.15, 0.2) is 0 Å². The summed E-state index contributed by atoms with van der Waals surface area (Å²) in [5.41, 5.74) is 1.57. The number of hydrogen-bond acceptors (Lipinski definition) is 1. The summed E-state index contributed by atoms with van der Waals surface area (Å²) < 4.78 is 13.4. The maximum Gasteiger partial charge on any atom is 0.146 e. The Balaban J connectivity index is 2.50. The van der Waals surface area contributed by atoms with Crippen LogP contribution >= 0.6 is 0 Å². The second kappa shape index (κ2) is 5.74. The lowest BCUT2D eigenvalue weighted by molar-refractivity contribution is 0.547. The van der Waals surface area contributed by atoms with Gasteiger partial charge in [0.1, 0.15) is 5.82 Å². The van der Waals surface area contributed by atoms with Gasteiger partial charge in [-0.05, 0) is 37.0 Å². The third-order valence-corrected chi connectivity index (χ3v) is 2.55. The molecule has 0 saturated heterocycles. The van der Waals surface area contributed by atoms with Crippen LogP contribution in [0.2, 0.25) is 0 Å². The fourth-order valence-corrected chi connectivity index (χ4v) is 1.64. The topological polar surface area (TPSA) is 12.0 Å². The van der Waals surface area contributed by atoms with Crippen molar-refractivity contribution in [2.24, 2.45) is 5.92 Å². The average Bonchev–Trinajstić information content (AvgIpc) is 2.17. The molecule has 1 aromatic carbocycles. The van der Waals surface area contributed by atoms with Gasteiger partial charge in [0.05, 0.1) is 5.69 Å². The molecule has 0 spiro atoms. The molecule has 1 unspecified atom stereocenters. The molecule has 0 aliphatic rings. The Bertz CT molecular complexity index is 309. The van der Waals surface area contributed by atoms with E-state index in [9.17, 15) is 4.39 Å². The van der Waals surface area contributed by atoms with E-state index in [-0.39, 0.29) is 5.82 Å². The fourth-order valence-electron chi connectivity index (χ4n) is 1.64. The zero-order valence-electron chi connectivity index (χ0n) is 9.81. The van der Waals surface area contributed by atoms with Crippen LogP contribution in [0.15, 0.2) is 18.2 Å². The van der Waals surface area contributed by atoms with Crippen LogP contribution in [0.5, 0.6) is 0 Å². The number of hydrogen-bond donors (Lipinski definition) is 1. The molecule has 1 rings (SSSR count). The monoisotopic (exact) mass is 209 g/mol. The zero-order valence-corrected chi connectivity index (χ0v) is 9.81. The molecule has 1 N–H and O–H groups in total. The number of nitrogens with one attached hydrogen (secondary N) is 1. The van der Waals surface area contributed by atoms with E-state index in [0.29, 0.717) is 11.6 Å². The van der Waals surface area contributed by atoms with Crippen LogP contribution < -0.4 is 5.32 Å². The van der Waals surface area contributed by atoms with Crippen LogP contribution in [0, 0.1) is 18.7 Å². The minimum absolute atomic E-state index is 0.154. The van der Waals surface area contributed by atoms with E-state index in [1.165, 1.54) is 12.8 Å². The van der Waals surface area contributed by atoms with Crippen molar-refractivity contribution >= 4 is 5.69 Å². The minimum atomic E-state index is -0.154. The highest BCUT2D eigenvalue weighted by Gasteiger charge is 2.04. The van der Waals surface area contributed by atoms with Gasteiger partial charge in [-0.2, -0.15) is 0 Å². The Hall–Kier alpha value is -1.05. The molecule has 0 heterocycles. The van der Waals surface area contributed by atoms with Crippen molar-refractivity contribution in [2.75, 3.05) is 11.9 Å². The molecule has 0 bridgehead atoms. The SMILES string of the molecule is CCCC(C)CNc1ccc(C)cc1F. The first-order chi connectivity index (χ1) is 7.13. The second-order valence-electron chi connectivity index (χ2n) is 4.26. The van der Waals surface area contributed by atoms with Crippen LogP contribution in [0.25, 0.3) is 0 Å². The maximum absolute atomic E-state index is 13.4. The van der Waals surface area contributed by atoms with Gasteiger partial charge < -0.3 is 5.32 Å². The van der Waals surface area contributed by atoms with Gasteiger partial charge in [-0.1, -0.05) is 26.3 Å². The van der Waals surface area contributed by atoms with E-state index in [1.807, 2.05) is 19.1 Å². The minimum Gasteiger partial charge on any atom is -0.382 e. The molecular weight excluding hydrogens is 189 g/mol. The fraction of sp³-hybridized carbons (Fsp3) is 0.538. The summed E-state index contributed by atoms with van der Waals surface area (Å²) in [6.07, 6.45) is 2.36. The Kier molecular flexibility index (Phi) is 4.60. The average molecular weight is 209 g/mol. The predicted molar refractivity (Wildman–Crippen MR) is 63.7 cm³/mol. The van der Waals surface area contributed by atoms with Gasteiger partial charge in [-0.15, -0.1) is 0 Å². The van der Waals surface area contributed by atoms with Crippen molar-refractivity contribution in [3.05, 3.63) is 29.6 Å². The Morgan fingerprint density at radius 2 is 2.13 bits per heavy atom.